The molecule has 0 aliphatic carbocycles. The summed E-state index contributed by atoms with van der Waals surface area (Å²) < 4.78 is 53.5. The van der Waals surface area contributed by atoms with Gasteiger partial charge in [-0.15, -0.1) is 0 Å². The molecule has 0 unspecified atom stereocenters. The van der Waals surface area contributed by atoms with Gasteiger partial charge in [-0.1, -0.05) is 11.6 Å². The number of carbonyl (C=O) groups is 1. The van der Waals surface area contributed by atoms with Crippen molar-refractivity contribution in [1.82, 2.24) is 0 Å². The Hall–Kier alpha value is -1.30. The first-order valence-electron chi connectivity index (χ1n) is 4.41. The zero-order valence-electron chi connectivity index (χ0n) is 8.52. The van der Waals surface area contributed by atoms with Crippen LogP contribution in [0.1, 0.15) is 29.3 Å². The number of benzene rings is 1. The molecule has 0 saturated carbocycles. The summed E-state index contributed by atoms with van der Waals surface area (Å²) in [5.74, 6) is -1.53. The minimum atomic E-state index is -3.32. The van der Waals surface area contributed by atoms with Gasteiger partial charge in [0.1, 0.15) is 5.75 Å². The first-order chi connectivity index (χ1) is 7.84. The predicted octanol–water partition coefficient (Wildman–Crippen LogP) is 4.08. The van der Waals surface area contributed by atoms with Crippen molar-refractivity contribution in [2.75, 3.05) is 0 Å². The molecule has 1 aromatic carbocycles. The number of halogens is 5. The first-order valence-corrected chi connectivity index (χ1v) is 4.78. The normalized spacial score (nSPS) is 11.1. The lowest BCUT2D eigenvalue weighted by Gasteiger charge is -2.14. The number of rotatable bonds is 4. The zero-order chi connectivity index (χ0) is 13.2. The highest BCUT2D eigenvalue weighted by atomic mass is 35.5. The molecule has 0 radical (unpaired) electrons. The second-order valence-corrected chi connectivity index (χ2v) is 3.48. The second-order valence-electron chi connectivity index (χ2n) is 3.07. The highest BCUT2D eigenvalue weighted by Gasteiger charge is 2.25. The molecule has 0 aliphatic rings. The highest BCUT2D eigenvalue weighted by molar-refractivity contribution is 6.31. The molecule has 7 heteroatoms. The molecule has 0 amide bonds. The van der Waals surface area contributed by atoms with Crippen LogP contribution in [-0.2, 0) is 0 Å². The minimum absolute atomic E-state index is 0.356. The van der Waals surface area contributed by atoms with Crippen molar-refractivity contribution in [3.8, 4) is 5.75 Å². The summed E-state index contributed by atoms with van der Waals surface area (Å²) in [5.41, 5.74) is -1.26. The van der Waals surface area contributed by atoms with Crippen molar-refractivity contribution < 1.29 is 27.1 Å². The largest absolute Gasteiger partial charge is 0.433 e. The lowest BCUT2D eigenvalue weighted by Crippen LogP contribution is -2.09. The van der Waals surface area contributed by atoms with E-state index in [1.807, 2.05) is 0 Å². The third-order valence-electron chi connectivity index (χ3n) is 1.95. The van der Waals surface area contributed by atoms with Crippen LogP contribution in [0.2, 0.25) is 5.02 Å². The van der Waals surface area contributed by atoms with E-state index in [1.54, 1.807) is 0 Å². The highest BCUT2D eigenvalue weighted by Crippen LogP contribution is 2.38. The van der Waals surface area contributed by atoms with Gasteiger partial charge in [0.2, 0.25) is 0 Å². The third-order valence-corrected chi connectivity index (χ3v) is 2.28. The Bertz CT molecular complexity index is 435. The van der Waals surface area contributed by atoms with Gasteiger partial charge >= 0.3 is 6.61 Å². The van der Waals surface area contributed by atoms with Gasteiger partial charge in [-0.05, 0) is 19.1 Å². The van der Waals surface area contributed by atoms with Crippen LogP contribution in [0, 0.1) is 0 Å². The standard InChI is InChI=1S/C10H7ClF4O2/c1-4(16)5-2-3-6(11)7(9(12)13)8(5)17-10(14)15/h2-3,9-10H,1H3. The van der Waals surface area contributed by atoms with Crippen molar-refractivity contribution in [1.29, 1.82) is 0 Å². The van der Waals surface area contributed by atoms with Gasteiger partial charge in [-0.3, -0.25) is 4.79 Å². The van der Waals surface area contributed by atoms with Gasteiger partial charge < -0.3 is 4.74 Å². The SMILES string of the molecule is CC(=O)c1ccc(Cl)c(C(F)F)c1OC(F)F. The van der Waals surface area contributed by atoms with Gasteiger partial charge in [0.25, 0.3) is 6.43 Å². The molecule has 0 heterocycles. The number of carbonyl (C=O) groups excluding carboxylic acids is 1. The third kappa shape index (κ3) is 3.09. The van der Waals surface area contributed by atoms with E-state index in [4.69, 9.17) is 11.6 Å². The molecule has 0 N–H and O–H groups in total. The van der Waals surface area contributed by atoms with E-state index in [0.717, 1.165) is 19.1 Å². The summed E-state index contributed by atoms with van der Waals surface area (Å²) in [7, 11) is 0. The van der Waals surface area contributed by atoms with E-state index in [1.165, 1.54) is 0 Å². The molecule has 0 fully saturated rings. The quantitative estimate of drug-likeness (QED) is 0.609. The molecule has 0 spiro atoms. The number of alkyl halides is 4. The van der Waals surface area contributed by atoms with Crippen LogP contribution < -0.4 is 4.74 Å². The summed E-state index contributed by atoms with van der Waals surface area (Å²) in [6, 6.07) is 2.10. The number of ether oxygens (including phenoxy) is 1. The zero-order valence-corrected chi connectivity index (χ0v) is 9.27. The van der Waals surface area contributed by atoms with Crippen LogP contribution in [0.4, 0.5) is 17.6 Å². The fourth-order valence-electron chi connectivity index (χ4n) is 1.27. The maximum Gasteiger partial charge on any atom is 0.387 e. The average Bonchev–Trinajstić information content (AvgIpc) is 2.15. The Labute approximate surface area is 99.1 Å². The number of hydrogen-bond acceptors (Lipinski definition) is 2. The summed E-state index contributed by atoms with van der Waals surface area (Å²) in [6.07, 6.45) is -3.12. The lowest BCUT2D eigenvalue weighted by atomic mass is 10.1. The van der Waals surface area contributed by atoms with Gasteiger partial charge in [0, 0.05) is 0 Å². The number of hydrogen-bond donors (Lipinski definition) is 0. The fourth-order valence-corrected chi connectivity index (χ4v) is 1.50. The van der Waals surface area contributed by atoms with Crippen LogP contribution in [0.3, 0.4) is 0 Å². The Kier molecular flexibility index (Phi) is 4.34. The minimum Gasteiger partial charge on any atom is -0.433 e. The predicted molar refractivity (Wildman–Crippen MR) is 53.0 cm³/mol. The maximum atomic E-state index is 12.7. The Balaban J connectivity index is 3.44. The van der Waals surface area contributed by atoms with Crippen molar-refractivity contribution >= 4 is 17.4 Å². The molecule has 0 bridgehead atoms. The maximum absolute atomic E-state index is 12.7. The molecule has 0 atom stereocenters. The molecule has 2 nitrogen and oxygen atoms in total. The summed E-state index contributed by atoms with van der Waals surface area (Å²) in [4.78, 5) is 11.1. The van der Waals surface area contributed by atoms with Crippen LogP contribution in [0.5, 0.6) is 5.75 Å². The summed E-state index contributed by atoms with van der Waals surface area (Å²) >= 11 is 5.47. The summed E-state index contributed by atoms with van der Waals surface area (Å²) in [5, 5.41) is -0.430. The monoisotopic (exact) mass is 270 g/mol. The first kappa shape index (κ1) is 13.8. The van der Waals surface area contributed by atoms with Crippen molar-refractivity contribution in [3.63, 3.8) is 0 Å². The van der Waals surface area contributed by atoms with E-state index in [-0.39, 0.29) is 5.56 Å². The van der Waals surface area contributed by atoms with E-state index < -0.39 is 35.2 Å². The van der Waals surface area contributed by atoms with Crippen molar-refractivity contribution in [2.45, 2.75) is 20.0 Å². The van der Waals surface area contributed by atoms with E-state index in [0.29, 0.717) is 0 Å². The molecule has 0 aromatic heterocycles. The van der Waals surface area contributed by atoms with Crippen LogP contribution >= 0.6 is 11.6 Å². The van der Waals surface area contributed by atoms with Gasteiger partial charge in [0.15, 0.2) is 5.78 Å². The van der Waals surface area contributed by atoms with Crippen LogP contribution in [0.15, 0.2) is 12.1 Å². The molecular formula is C10H7ClF4O2. The molecule has 94 valence electrons. The van der Waals surface area contributed by atoms with Gasteiger partial charge in [0.05, 0.1) is 16.1 Å². The lowest BCUT2D eigenvalue weighted by molar-refractivity contribution is -0.0522. The van der Waals surface area contributed by atoms with Gasteiger partial charge in [-0.2, -0.15) is 8.78 Å². The molecular weight excluding hydrogens is 264 g/mol. The topological polar surface area (TPSA) is 26.3 Å². The molecule has 1 aromatic rings. The second kappa shape index (κ2) is 5.35. The fraction of sp³-hybridized carbons (Fsp3) is 0.300. The Morgan fingerprint density at radius 1 is 1.29 bits per heavy atom. The Morgan fingerprint density at radius 2 is 1.88 bits per heavy atom. The molecule has 0 aliphatic heterocycles. The summed E-state index contributed by atoms with van der Waals surface area (Å²) in [6.45, 7) is -2.26. The number of ketones is 1. The van der Waals surface area contributed by atoms with E-state index in [2.05, 4.69) is 4.74 Å². The van der Waals surface area contributed by atoms with Crippen molar-refractivity contribution in [3.05, 3.63) is 28.3 Å². The van der Waals surface area contributed by atoms with Crippen LogP contribution in [-0.4, -0.2) is 12.4 Å². The van der Waals surface area contributed by atoms with Crippen LogP contribution in [0.25, 0.3) is 0 Å². The molecule has 17 heavy (non-hydrogen) atoms. The number of Topliss-reactive ketones (excluding diaryl/α,β-unsaturated/α-hetero) is 1. The van der Waals surface area contributed by atoms with Gasteiger partial charge in [-0.25, -0.2) is 8.78 Å². The van der Waals surface area contributed by atoms with E-state index >= 15 is 0 Å². The van der Waals surface area contributed by atoms with E-state index in [9.17, 15) is 22.4 Å². The molecule has 1 rings (SSSR count). The average molecular weight is 271 g/mol. The Morgan fingerprint density at radius 3 is 2.29 bits per heavy atom. The molecule has 0 saturated heterocycles. The van der Waals surface area contributed by atoms with Crippen molar-refractivity contribution in [2.24, 2.45) is 0 Å². The smallest absolute Gasteiger partial charge is 0.387 e.